The van der Waals surface area contributed by atoms with Gasteiger partial charge in [-0.15, -0.1) is 0 Å². The van der Waals surface area contributed by atoms with Crippen LogP contribution in [0.2, 0.25) is 0 Å². The van der Waals surface area contributed by atoms with Gasteiger partial charge in [-0.2, -0.15) is 0 Å². The van der Waals surface area contributed by atoms with Crippen molar-refractivity contribution in [2.24, 2.45) is 5.73 Å². The molecule has 4 nitrogen and oxygen atoms in total. The maximum atomic E-state index is 5.58. The first-order valence-corrected chi connectivity index (χ1v) is 6.05. The maximum Gasteiger partial charge on any atom is 0.142 e. The van der Waals surface area contributed by atoms with Crippen molar-refractivity contribution >= 4 is 11.4 Å². The summed E-state index contributed by atoms with van der Waals surface area (Å²) in [5.41, 5.74) is 8.52. The van der Waals surface area contributed by atoms with E-state index in [0.717, 1.165) is 28.4 Å². The van der Waals surface area contributed by atoms with Gasteiger partial charge in [-0.25, -0.2) is 0 Å². The lowest BCUT2D eigenvalue weighted by atomic mass is 10.2. The number of anilines is 2. The van der Waals surface area contributed by atoms with Crippen LogP contribution in [0, 0.1) is 0 Å². The third-order valence-electron chi connectivity index (χ3n) is 2.88. The molecule has 100 valence electrons. The third-order valence-corrected chi connectivity index (χ3v) is 2.88. The minimum atomic E-state index is 0.544. The van der Waals surface area contributed by atoms with Crippen molar-refractivity contribution in [2.45, 2.75) is 6.54 Å². The first-order valence-electron chi connectivity index (χ1n) is 6.05. The van der Waals surface area contributed by atoms with Crippen LogP contribution in [-0.2, 0) is 6.54 Å². The molecule has 0 unspecified atom stereocenters. The van der Waals surface area contributed by atoms with Gasteiger partial charge in [-0.05, 0) is 29.8 Å². The fourth-order valence-electron chi connectivity index (χ4n) is 1.79. The van der Waals surface area contributed by atoms with E-state index < -0.39 is 0 Å². The first kappa shape index (κ1) is 13.2. The fraction of sp³-hybridized carbons (Fsp3) is 0.200. The summed E-state index contributed by atoms with van der Waals surface area (Å²) in [5, 5.41) is 3.30. The Morgan fingerprint density at radius 2 is 1.74 bits per heavy atom. The lowest BCUT2D eigenvalue weighted by molar-refractivity contribution is 0.405. The topological polar surface area (TPSA) is 56.5 Å². The number of hydrogen-bond acceptors (Lipinski definition) is 4. The summed E-state index contributed by atoms with van der Waals surface area (Å²) in [6.07, 6.45) is 0. The number of hydrogen-bond donors (Lipinski definition) is 2. The second-order valence-corrected chi connectivity index (χ2v) is 4.09. The maximum absolute atomic E-state index is 5.58. The normalized spacial score (nSPS) is 10.1. The second kappa shape index (κ2) is 6.11. The van der Waals surface area contributed by atoms with E-state index in [1.165, 1.54) is 0 Å². The predicted octanol–water partition coefficient (Wildman–Crippen LogP) is 2.91. The Balaban J connectivity index is 2.25. The average molecular weight is 258 g/mol. The van der Waals surface area contributed by atoms with E-state index in [-0.39, 0.29) is 0 Å². The zero-order valence-corrected chi connectivity index (χ0v) is 11.1. The minimum Gasteiger partial charge on any atom is -0.497 e. The summed E-state index contributed by atoms with van der Waals surface area (Å²) in [5.74, 6) is 1.55. The molecule has 0 aliphatic heterocycles. The summed E-state index contributed by atoms with van der Waals surface area (Å²) in [7, 11) is 3.28. The van der Waals surface area contributed by atoms with Crippen molar-refractivity contribution in [2.75, 3.05) is 19.5 Å². The van der Waals surface area contributed by atoms with Gasteiger partial charge in [0.1, 0.15) is 11.5 Å². The molecule has 0 fully saturated rings. The molecule has 2 aromatic rings. The van der Waals surface area contributed by atoms with E-state index in [1.807, 2.05) is 42.5 Å². The monoisotopic (exact) mass is 258 g/mol. The van der Waals surface area contributed by atoms with Gasteiger partial charge in [0.25, 0.3) is 0 Å². The Morgan fingerprint density at radius 1 is 1.00 bits per heavy atom. The van der Waals surface area contributed by atoms with Crippen molar-refractivity contribution in [3.63, 3.8) is 0 Å². The number of ether oxygens (including phenoxy) is 2. The molecule has 4 heteroatoms. The lowest BCUT2D eigenvalue weighted by Gasteiger charge is -2.13. The molecule has 0 bridgehead atoms. The first-order chi connectivity index (χ1) is 9.26. The second-order valence-electron chi connectivity index (χ2n) is 4.09. The minimum absolute atomic E-state index is 0.544. The standard InChI is InChI=1S/C15H18N2O2/c1-18-13-7-8-15(19-2)14(9-13)17-12-5-3-11(10-16)4-6-12/h3-9,17H,10,16H2,1-2H3. The van der Waals surface area contributed by atoms with Crippen LogP contribution in [0.5, 0.6) is 11.5 Å². The zero-order valence-electron chi connectivity index (χ0n) is 11.1. The van der Waals surface area contributed by atoms with Gasteiger partial charge < -0.3 is 20.5 Å². The Hall–Kier alpha value is -2.20. The number of rotatable bonds is 5. The molecule has 0 saturated carbocycles. The van der Waals surface area contributed by atoms with Crippen LogP contribution < -0.4 is 20.5 Å². The lowest BCUT2D eigenvalue weighted by Crippen LogP contribution is -1.98. The van der Waals surface area contributed by atoms with Gasteiger partial charge >= 0.3 is 0 Å². The van der Waals surface area contributed by atoms with Gasteiger partial charge in [0.05, 0.1) is 19.9 Å². The molecular formula is C15H18N2O2. The summed E-state index contributed by atoms with van der Waals surface area (Å²) in [6, 6.07) is 13.6. The van der Waals surface area contributed by atoms with E-state index in [2.05, 4.69) is 5.32 Å². The Bertz CT molecular complexity index is 538. The molecule has 19 heavy (non-hydrogen) atoms. The predicted molar refractivity (Wildman–Crippen MR) is 77.2 cm³/mol. The highest BCUT2D eigenvalue weighted by Gasteiger charge is 2.05. The van der Waals surface area contributed by atoms with Crippen LogP contribution in [-0.4, -0.2) is 14.2 Å². The number of nitrogens with two attached hydrogens (primary N) is 1. The van der Waals surface area contributed by atoms with Crippen molar-refractivity contribution in [3.05, 3.63) is 48.0 Å². The van der Waals surface area contributed by atoms with Crippen molar-refractivity contribution < 1.29 is 9.47 Å². The average Bonchev–Trinajstić information content (AvgIpc) is 2.48. The SMILES string of the molecule is COc1ccc(OC)c(Nc2ccc(CN)cc2)c1. The zero-order chi connectivity index (χ0) is 13.7. The molecule has 2 aromatic carbocycles. The van der Waals surface area contributed by atoms with Crippen molar-refractivity contribution in [1.29, 1.82) is 0 Å². The Morgan fingerprint density at radius 3 is 2.32 bits per heavy atom. The Labute approximate surface area is 113 Å². The summed E-state index contributed by atoms with van der Waals surface area (Å²) in [6.45, 7) is 0.544. The van der Waals surface area contributed by atoms with Gasteiger partial charge in [-0.3, -0.25) is 0 Å². The molecule has 0 radical (unpaired) electrons. The van der Waals surface area contributed by atoms with Crippen molar-refractivity contribution in [1.82, 2.24) is 0 Å². The number of benzene rings is 2. The van der Waals surface area contributed by atoms with Crippen LogP contribution in [0.15, 0.2) is 42.5 Å². The molecule has 0 saturated heterocycles. The summed E-state index contributed by atoms with van der Waals surface area (Å²) < 4.78 is 10.5. The van der Waals surface area contributed by atoms with Crippen LogP contribution >= 0.6 is 0 Å². The molecule has 0 heterocycles. The molecule has 0 spiro atoms. The molecule has 0 atom stereocenters. The molecule has 0 aromatic heterocycles. The van der Waals surface area contributed by atoms with Crippen LogP contribution in [0.3, 0.4) is 0 Å². The molecule has 2 rings (SSSR count). The fourth-order valence-corrected chi connectivity index (χ4v) is 1.79. The third kappa shape index (κ3) is 3.17. The van der Waals surface area contributed by atoms with Crippen LogP contribution in [0.4, 0.5) is 11.4 Å². The number of methoxy groups -OCH3 is 2. The highest BCUT2D eigenvalue weighted by molar-refractivity contribution is 5.68. The highest BCUT2D eigenvalue weighted by atomic mass is 16.5. The van der Waals surface area contributed by atoms with Crippen molar-refractivity contribution in [3.8, 4) is 11.5 Å². The van der Waals surface area contributed by atoms with Crippen LogP contribution in [0.25, 0.3) is 0 Å². The molecule has 0 amide bonds. The largest absolute Gasteiger partial charge is 0.497 e. The van der Waals surface area contributed by atoms with Gasteiger partial charge in [-0.1, -0.05) is 12.1 Å². The van der Waals surface area contributed by atoms with Gasteiger partial charge in [0, 0.05) is 18.3 Å². The van der Waals surface area contributed by atoms with E-state index in [1.54, 1.807) is 14.2 Å². The highest BCUT2D eigenvalue weighted by Crippen LogP contribution is 2.31. The Kier molecular flexibility index (Phi) is 4.26. The number of nitrogens with one attached hydrogen (secondary N) is 1. The molecule has 0 aliphatic carbocycles. The molecule has 3 N–H and O–H groups in total. The summed E-state index contributed by atoms with van der Waals surface area (Å²) in [4.78, 5) is 0. The smallest absolute Gasteiger partial charge is 0.142 e. The van der Waals surface area contributed by atoms with Gasteiger partial charge in [0.15, 0.2) is 0 Å². The van der Waals surface area contributed by atoms with Gasteiger partial charge in [0.2, 0.25) is 0 Å². The van der Waals surface area contributed by atoms with E-state index in [0.29, 0.717) is 6.54 Å². The molecule has 0 aliphatic rings. The van der Waals surface area contributed by atoms with E-state index in [4.69, 9.17) is 15.2 Å². The van der Waals surface area contributed by atoms with E-state index in [9.17, 15) is 0 Å². The quantitative estimate of drug-likeness (QED) is 0.865. The molecular weight excluding hydrogens is 240 g/mol. The van der Waals surface area contributed by atoms with Crippen LogP contribution in [0.1, 0.15) is 5.56 Å². The summed E-state index contributed by atoms with van der Waals surface area (Å²) >= 11 is 0. The van der Waals surface area contributed by atoms with E-state index >= 15 is 0 Å².